The Kier molecular flexibility index (Phi) is 3.03. The molecule has 0 atom stereocenters. The van der Waals surface area contributed by atoms with E-state index in [1.807, 2.05) is 31.2 Å². The van der Waals surface area contributed by atoms with Gasteiger partial charge in [-0.25, -0.2) is 4.39 Å². The third kappa shape index (κ3) is 2.49. The lowest BCUT2D eigenvalue weighted by Crippen LogP contribution is -1.81. The first-order valence-electron chi connectivity index (χ1n) is 5.09. The van der Waals surface area contributed by atoms with Gasteiger partial charge in [0, 0.05) is 11.1 Å². The lowest BCUT2D eigenvalue weighted by Gasteiger charge is -1.95. The number of rotatable bonds is 0. The minimum Gasteiger partial charge on any atom is -0.207 e. The van der Waals surface area contributed by atoms with Crippen LogP contribution in [0.5, 0.6) is 0 Å². The molecule has 1 heteroatoms. The van der Waals surface area contributed by atoms with E-state index in [-0.39, 0.29) is 5.82 Å². The molecule has 2 rings (SSSR count). The molecule has 2 aromatic rings. The number of hydrogen-bond donors (Lipinski definition) is 0. The first kappa shape index (κ1) is 10.4. The van der Waals surface area contributed by atoms with E-state index in [4.69, 9.17) is 0 Å². The molecule has 0 radical (unpaired) electrons. The summed E-state index contributed by atoms with van der Waals surface area (Å²) in [5.74, 6) is 5.85. The summed E-state index contributed by atoms with van der Waals surface area (Å²) in [5, 5.41) is 0. The molecule has 0 aliphatic heterocycles. The van der Waals surface area contributed by atoms with E-state index >= 15 is 0 Å². The Hall–Kier alpha value is -2.07. The topological polar surface area (TPSA) is 0 Å². The second-order valence-electron chi connectivity index (χ2n) is 3.57. The number of hydrogen-bond acceptors (Lipinski definition) is 0. The molecule has 78 valence electrons. The number of benzene rings is 2. The van der Waals surface area contributed by atoms with Crippen LogP contribution >= 0.6 is 0 Å². The summed E-state index contributed by atoms with van der Waals surface area (Å²) in [6.07, 6.45) is 0. The molecule has 0 aromatic heterocycles. The van der Waals surface area contributed by atoms with Crippen LogP contribution in [0, 0.1) is 24.6 Å². The van der Waals surface area contributed by atoms with Gasteiger partial charge in [0.05, 0.1) is 0 Å². The Morgan fingerprint density at radius 1 is 0.875 bits per heavy atom. The highest BCUT2D eigenvalue weighted by Gasteiger charge is 1.91. The smallest absolute Gasteiger partial charge is 0.123 e. The Bertz CT molecular complexity index is 542. The van der Waals surface area contributed by atoms with Gasteiger partial charge >= 0.3 is 0 Å². The molecule has 0 N–H and O–H groups in total. The van der Waals surface area contributed by atoms with Crippen molar-refractivity contribution in [3.8, 4) is 11.8 Å². The fourth-order valence-electron chi connectivity index (χ4n) is 1.39. The molecule has 0 saturated heterocycles. The Balaban J connectivity index is 2.29. The Morgan fingerprint density at radius 3 is 2.25 bits per heavy atom. The SMILES string of the molecule is Cc1ccccc1C#Cc1ccc(F)cc1. The molecule has 0 spiro atoms. The van der Waals surface area contributed by atoms with Crippen molar-refractivity contribution in [1.82, 2.24) is 0 Å². The molecule has 0 saturated carbocycles. The fraction of sp³-hybridized carbons (Fsp3) is 0.0667. The van der Waals surface area contributed by atoms with Gasteiger partial charge < -0.3 is 0 Å². The zero-order valence-corrected chi connectivity index (χ0v) is 9.00. The molecule has 0 fully saturated rings. The van der Waals surface area contributed by atoms with E-state index in [0.29, 0.717) is 0 Å². The van der Waals surface area contributed by atoms with Crippen LogP contribution in [0.15, 0.2) is 48.5 Å². The summed E-state index contributed by atoms with van der Waals surface area (Å²) >= 11 is 0. The summed E-state index contributed by atoms with van der Waals surface area (Å²) in [6, 6.07) is 14.1. The lowest BCUT2D eigenvalue weighted by molar-refractivity contribution is 0.627. The third-order valence-electron chi connectivity index (χ3n) is 2.33. The van der Waals surface area contributed by atoms with E-state index < -0.39 is 0 Å². The van der Waals surface area contributed by atoms with Crippen molar-refractivity contribution in [3.63, 3.8) is 0 Å². The van der Waals surface area contributed by atoms with Crippen molar-refractivity contribution in [3.05, 3.63) is 71.0 Å². The molecule has 16 heavy (non-hydrogen) atoms. The molecule has 0 aliphatic rings. The van der Waals surface area contributed by atoms with Crippen molar-refractivity contribution in [2.45, 2.75) is 6.92 Å². The van der Waals surface area contributed by atoms with Crippen LogP contribution in [-0.4, -0.2) is 0 Å². The summed E-state index contributed by atoms with van der Waals surface area (Å²) in [6.45, 7) is 2.02. The van der Waals surface area contributed by atoms with Crippen molar-refractivity contribution < 1.29 is 4.39 Å². The van der Waals surface area contributed by atoms with Crippen molar-refractivity contribution >= 4 is 0 Å². The highest BCUT2D eigenvalue weighted by Crippen LogP contribution is 2.06. The Morgan fingerprint density at radius 2 is 1.56 bits per heavy atom. The van der Waals surface area contributed by atoms with Crippen LogP contribution in [0.3, 0.4) is 0 Å². The van der Waals surface area contributed by atoms with E-state index in [1.165, 1.54) is 12.1 Å². The highest BCUT2D eigenvalue weighted by molar-refractivity contribution is 5.45. The molecular formula is C15H11F. The van der Waals surface area contributed by atoms with E-state index in [0.717, 1.165) is 16.7 Å². The normalized spacial score (nSPS) is 9.38. The van der Waals surface area contributed by atoms with Crippen LogP contribution < -0.4 is 0 Å². The maximum absolute atomic E-state index is 12.7. The van der Waals surface area contributed by atoms with Gasteiger partial charge in [0.15, 0.2) is 0 Å². The van der Waals surface area contributed by atoms with Gasteiger partial charge in [-0.15, -0.1) is 0 Å². The van der Waals surface area contributed by atoms with Gasteiger partial charge in [-0.3, -0.25) is 0 Å². The van der Waals surface area contributed by atoms with Crippen molar-refractivity contribution in [2.75, 3.05) is 0 Å². The lowest BCUT2D eigenvalue weighted by atomic mass is 10.1. The molecule has 0 bridgehead atoms. The first-order chi connectivity index (χ1) is 7.75. The standard InChI is InChI=1S/C15H11F/c1-12-4-2-3-5-14(12)9-6-13-7-10-15(16)11-8-13/h2-5,7-8,10-11H,1H3. The maximum Gasteiger partial charge on any atom is 0.123 e. The largest absolute Gasteiger partial charge is 0.207 e. The first-order valence-corrected chi connectivity index (χ1v) is 5.09. The monoisotopic (exact) mass is 210 g/mol. The highest BCUT2D eigenvalue weighted by atomic mass is 19.1. The van der Waals surface area contributed by atoms with Crippen LogP contribution in [-0.2, 0) is 0 Å². The van der Waals surface area contributed by atoms with Crippen LogP contribution in [0.4, 0.5) is 4.39 Å². The Labute approximate surface area is 94.7 Å². The zero-order valence-electron chi connectivity index (χ0n) is 9.00. The van der Waals surface area contributed by atoms with E-state index in [2.05, 4.69) is 11.8 Å². The third-order valence-corrected chi connectivity index (χ3v) is 2.33. The molecule has 0 unspecified atom stereocenters. The van der Waals surface area contributed by atoms with E-state index in [1.54, 1.807) is 12.1 Å². The zero-order chi connectivity index (χ0) is 11.4. The van der Waals surface area contributed by atoms with Crippen molar-refractivity contribution in [2.24, 2.45) is 0 Å². The van der Waals surface area contributed by atoms with Crippen LogP contribution in [0.25, 0.3) is 0 Å². The summed E-state index contributed by atoms with van der Waals surface area (Å²) in [4.78, 5) is 0. The summed E-state index contributed by atoms with van der Waals surface area (Å²) < 4.78 is 12.7. The number of halogens is 1. The van der Waals surface area contributed by atoms with Crippen molar-refractivity contribution in [1.29, 1.82) is 0 Å². The molecule has 2 aromatic carbocycles. The summed E-state index contributed by atoms with van der Waals surface area (Å²) in [5.41, 5.74) is 2.98. The molecule has 0 nitrogen and oxygen atoms in total. The minimum atomic E-state index is -0.235. The van der Waals surface area contributed by atoms with Gasteiger partial charge in [0.1, 0.15) is 5.82 Å². The predicted octanol–water partition coefficient (Wildman–Crippen LogP) is 3.53. The fourth-order valence-corrected chi connectivity index (χ4v) is 1.39. The average Bonchev–Trinajstić information content (AvgIpc) is 2.30. The maximum atomic E-state index is 12.7. The summed E-state index contributed by atoms with van der Waals surface area (Å²) in [7, 11) is 0. The van der Waals surface area contributed by atoms with Gasteiger partial charge in [-0.2, -0.15) is 0 Å². The van der Waals surface area contributed by atoms with E-state index in [9.17, 15) is 4.39 Å². The van der Waals surface area contributed by atoms with Gasteiger partial charge in [-0.05, 0) is 42.8 Å². The quantitative estimate of drug-likeness (QED) is 0.583. The predicted molar refractivity (Wildman–Crippen MR) is 63.6 cm³/mol. The molecular weight excluding hydrogens is 199 g/mol. The van der Waals surface area contributed by atoms with Gasteiger partial charge in [0.2, 0.25) is 0 Å². The van der Waals surface area contributed by atoms with Gasteiger partial charge in [-0.1, -0.05) is 30.0 Å². The number of aryl methyl sites for hydroxylation is 1. The van der Waals surface area contributed by atoms with Gasteiger partial charge in [0.25, 0.3) is 0 Å². The van der Waals surface area contributed by atoms with Crippen LogP contribution in [0.1, 0.15) is 16.7 Å². The molecule has 0 amide bonds. The second-order valence-corrected chi connectivity index (χ2v) is 3.57. The molecule has 0 aliphatic carbocycles. The average molecular weight is 210 g/mol. The minimum absolute atomic E-state index is 0.235. The molecule has 0 heterocycles. The van der Waals surface area contributed by atoms with Crippen LogP contribution in [0.2, 0.25) is 0 Å². The second kappa shape index (κ2) is 4.63.